The summed E-state index contributed by atoms with van der Waals surface area (Å²) in [5.74, 6) is 0.643. The van der Waals surface area contributed by atoms with Gasteiger partial charge in [-0.3, -0.25) is 9.79 Å². The zero-order chi connectivity index (χ0) is 19.2. The van der Waals surface area contributed by atoms with Crippen molar-refractivity contribution >= 4 is 23.5 Å². The number of methoxy groups -OCH3 is 1. The number of carbonyl (C=O) groups excluding carboxylic acids is 1. The molecule has 0 aliphatic carbocycles. The van der Waals surface area contributed by atoms with E-state index >= 15 is 0 Å². The van der Waals surface area contributed by atoms with Crippen molar-refractivity contribution in [2.45, 2.75) is 13.1 Å². The molecule has 0 unspecified atom stereocenters. The van der Waals surface area contributed by atoms with E-state index in [9.17, 15) is 9.18 Å². The molecule has 142 valence electrons. The maximum atomic E-state index is 13.5. The van der Waals surface area contributed by atoms with Gasteiger partial charge in [-0.1, -0.05) is 17.7 Å². The summed E-state index contributed by atoms with van der Waals surface area (Å²) in [6, 6.07) is 9.64. The van der Waals surface area contributed by atoms with Crippen LogP contribution in [-0.4, -0.2) is 32.1 Å². The quantitative estimate of drug-likeness (QED) is 0.708. The number of nitrogens with zero attached hydrogens (tertiary/aromatic N) is 1. The summed E-state index contributed by atoms with van der Waals surface area (Å²) in [5, 5.41) is 9.14. The van der Waals surface area contributed by atoms with Gasteiger partial charge in [0.25, 0.3) is 5.91 Å². The fourth-order valence-corrected chi connectivity index (χ4v) is 2.80. The minimum Gasteiger partial charge on any atom is -0.496 e. The maximum Gasteiger partial charge on any atom is 0.251 e. The Kier molecular flexibility index (Phi) is 6.13. The molecule has 0 radical (unpaired) electrons. The summed E-state index contributed by atoms with van der Waals surface area (Å²) < 4.78 is 18.9. The Morgan fingerprint density at radius 2 is 2.15 bits per heavy atom. The first-order valence-electron chi connectivity index (χ1n) is 8.48. The third-order valence-corrected chi connectivity index (χ3v) is 4.41. The van der Waals surface area contributed by atoms with Gasteiger partial charge in [0.2, 0.25) is 0 Å². The van der Waals surface area contributed by atoms with Crippen molar-refractivity contribution in [3.8, 4) is 5.75 Å². The number of amides is 1. The van der Waals surface area contributed by atoms with Gasteiger partial charge >= 0.3 is 0 Å². The van der Waals surface area contributed by atoms with Crippen molar-refractivity contribution in [3.63, 3.8) is 0 Å². The van der Waals surface area contributed by atoms with Crippen LogP contribution < -0.4 is 20.7 Å². The molecule has 2 aromatic carbocycles. The highest BCUT2D eigenvalue weighted by Gasteiger charge is 2.12. The first kappa shape index (κ1) is 19.0. The molecule has 0 saturated heterocycles. The molecule has 2 aromatic rings. The largest absolute Gasteiger partial charge is 0.496 e. The van der Waals surface area contributed by atoms with Gasteiger partial charge in [0.05, 0.1) is 18.7 Å². The first-order chi connectivity index (χ1) is 13.1. The van der Waals surface area contributed by atoms with Crippen molar-refractivity contribution in [2.75, 3.05) is 20.2 Å². The molecule has 1 amide bonds. The molecule has 3 rings (SSSR count). The molecular weight excluding hydrogens is 371 g/mol. The lowest BCUT2D eigenvalue weighted by Gasteiger charge is -2.13. The molecule has 0 aromatic heterocycles. The van der Waals surface area contributed by atoms with E-state index in [1.165, 1.54) is 12.1 Å². The number of benzene rings is 2. The number of nitrogens with one attached hydrogen (secondary N) is 3. The van der Waals surface area contributed by atoms with Crippen LogP contribution in [0.3, 0.4) is 0 Å². The Hall–Kier alpha value is -2.80. The zero-order valence-corrected chi connectivity index (χ0v) is 15.6. The van der Waals surface area contributed by atoms with Gasteiger partial charge in [0.15, 0.2) is 5.96 Å². The van der Waals surface area contributed by atoms with Gasteiger partial charge < -0.3 is 20.7 Å². The van der Waals surface area contributed by atoms with Crippen molar-refractivity contribution in [1.82, 2.24) is 16.0 Å². The van der Waals surface area contributed by atoms with E-state index in [1.807, 2.05) is 0 Å². The molecule has 0 spiro atoms. The van der Waals surface area contributed by atoms with Gasteiger partial charge in [-0.15, -0.1) is 0 Å². The van der Waals surface area contributed by atoms with Crippen LogP contribution in [0.1, 0.15) is 21.5 Å². The summed E-state index contributed by atoms with van der Waals surface area (Å²) >= 11 is 5.67. The molecule has 8 heteroatoms. The molecule has 0 fully saturated rings. The number of rotatable bonds is 6. The predicted octanol–water partition coefficient (Wildman–Crippen LogP) is 2.47. The fraction of sp³-hybridized carbons (Fsp3) is 0.263. The number of guanidine groups is 1. The Morgan fingerprint density at radius 1 is 1.30 bits per heavy atom. The van der Waals surface area contributed by atoms with Gasteiger partial charge in [-0.25, -0.2) is 4.39 Å². The summed E-state index contributed by atoms with van der Waals surface area (Å²) in [6.07, 6.45) is 0. The molecule has 27 heavy (non-hydrogen) atoms. The fourth-order valence-electron chi connectivity index (χ4n) is 2.69. The maximum absolute atomic E-state index is 13.5. The summed E-state index contributed by atoms with van der Waals surface area (Å²) in [4.78, 5) is 16.7. The standard InChI is InChI=1S/C19H20ClFN4O2/c1-27-17-5-3-13(9-14(17)11-25-19-22-6-7-23-19)18(26)24-10-12-2-4-15(20)16(21)8-12/h2-5,8-9H,6-7,10-11H2,1H3,(H,24,26)(H2,22,23,25). The van der Waals surface area contributed by atoms with Crippen molar-refractivity contribution < 1.29 is 13.9 Å². The smallest absolute Gasteiger partial charge is 0.251 e. The third-order valence-electron chi connectivity index (χ3n) is 4.10. The van der Waals surface area contributed by atoms with Crippen molar-refractivity contribution in [2.24, 2.45) is 4.99 Å². The van der Waals surface area contributed by atoms with Gasteiger partial charge in [-0.05, 0) is 35.9 Å². The lowest BCUT2D eigenvalue weighted by Crippen LogP contribution is -2.33. The number of halogens is 2. The van der Waals surface area contributed by atoms with E-state index in [-0.39, 0.29) is 17.5 Å². The highest BCUT2D eigenvalue weighted by atomic mass is 35.5. The minimum atomic E-state index is -0.510. The highest BCUT2D eigenvalue weighted by molar-refractivity contribution is 6.30. The summed E-state index contributed by atoms with van der Waals surface area (Å²) in [7, 11) is 1.58. The van der Waals surface area contributed by atoms with Crippen LogP contribution in [0, 0.1) is 5.82 Å². The average Bonchev–Trinajstić information content (AvgIpc) is 3.20. The number of aliphatic imine (C=N–C) groups is 1. The van der Waals surface area contributed by atoms with Gasteiger partial charge in [-0.2, -0.15) is 0 Å². The van der Waals surface area contributed by atoms with Crippen LogP contribution in [-0.2, 0) is 13.1 Å². The van der Waals surface area contributed by atoms with Crippen molar-refractivity contribution in [1.29, 1.82) is 0 Å². The monoisotopic (exact) mass is 390 g/mol. The Labute approximate surface area is 161 Å². The number of carbonyl (C=O) groups is 1. The van der Waals surface area contributed by atoms with Crippen LogP contribution in [0.2, 0.25) is 5.02 Å². The van der Waals surface area contributed by atoms with Crippen molar-refractivity contribution in [3.05, 3.63) is 63.9 Å². The predicted molar refractivity (Wildman–Crippen MR) is 103 cm³/mol. The van der Waals surface area contributed by atoms with Crippen LogP contribution in [0.15, 0.2) is 41.4 Å². The summed E-state index contributed by atoms with van der Waals surface area (Å²) in [6.45, 7) is 2.23. The molecule has 1 heterocycles. The second kappa shape index (κ2) is 8.73. The first-order valence-corrected chi connectivity index (χ1v) is 8.86. The van der Waals surface area contributed by atoms with E-state index in [4.69, 9.17) is 16.3 Å². The number of ether oxygens (including phenoxy) is 1. The highest BCUT2D eigenvalue weighted by Crippen LogP contribution is 2.20. The van der Waals surface area contributed by atoms with E-state index in [1.54, 1.807) is 31.4 Å². The van der Waals surface area contributed by atoms with E-state index in [2.05, 4.69) is 20.9 Å². The molecule has 3 N–H and O–H groups in total. The van der Waals surface area contributed by atoms with Crippen LogP contribution in [0.4, 0.5) is 4.39 Å². The summed E-state index contributed by atoms with van der Waals surface area (Å²) in [5.41, 5.74) is 1.95. The van der Waals surface area contributed by atoms with Crippen LogP contribution >= 0.6 is 11.6 Å². The number of hydrogen-bond acceptors (Lipinski definition) is 5. The average molecular weight is 391 g/mol. The molecule has 0 atom stereocenters. The zero-order valence-electron chi connectivity index (χ0n) is 14.8. The second-order valence-electron chi connectivity index (χ2n) is 5.97. The molecule has 0 bridgehead atoms. The lowest BCUT2D eigenvalue weighted by atomic mass is 10.1. The Morgan fingerprint density at radius 3 is 2.85 bits per heavy atom. The lowest BCUT2D eigenvalue weighted by molar-refractivity contribution is 0.0950. The van der Waals surface area contributed by atoms with E-state index in [0.717, 1.165) is 24.6 Å². The molecule has 6 nitrogen and oxygen atoms in total. The van der Waals surface area contributed by atoms with E-state index < -0.39 is 5.82 Å². The van der Waals surface area contributed by atoms with Gasteiger partial charge in [0.1, 0.15) is 11.6 Å². The molecule has 0 saturated carbocycles. The number of hydrogen-bond donors (Lipinski definition) is 3. The third kappa shape index (κ3) is 4.89. The Bertz CT molecular complexity index is 873. The van der Waals surface area contributed by atoms with Crippen LogP contribution in [0.25, 0.3) is 0 Å². The SMILES string of the molecule is COc1ccc(C(=O)NCc2ccc(Cl)c(F)c2)cc1CNC1=NCCN1. The normalized spacial score (nSPS) is 12.9. The Balaban J connectivity index is 1.66. The molecule has 1 aliphatic rings. The minimum absolute atomic E-state index is 0.0544. The van der Waals surface area contributed by atoms with E-state index in [0.29, 0.717) is 23.4 Å². The van der Waals surface area contributed by atoms with Gasteiger partial charge in [0, 0.05) is 30.8 Å². The molecule has 1 aliphatic heterocycles. The second-order valence-corrected chi connectivity index (χ2v) is 6.38. The molecular formula is C19H20ClFN4O2. The topological polar surface area (TPSA) is 74.8 Å². The van der Waals surface area contributed by atoms with Crippen LogP contribution in [0.5, 0.6) is 5.75 Å².